The second-order valence-electron chi connectivity index (χ2n) is 6.30. The second kappa shape index (κ2) is 7.76. The van der Waals surface area contributed by atoms with Crippen LogP contribution < -0.4 is 10.2 Å². The number of nitrogens with one attached hydrogen (secondary N) is 2. The number of carbonyl (C=O) groups is 1. The van der Waals surface area contributed by atoms with Crippen molar-refractivity contribution >= 4 is 32.7 Å². The van der Waals surface area contributed by atoms with E-state index in [4.69, 9.17) is 4.98 Å². The maximum atomic E-state index is 12.7. The lowest BCUT2D eigenvalue weighted by molar-refractivity contribution is -0.856. The van der Waals surface area contributed by atoms with Crippen molar-refractivity contribution in [3.8, 4) is 11.3 Å². The number of likely N-dealkylation sites (N-methyl/N-ethyl adjacent to an activating group) is 1. The Kier molecular flexibility index (Phi) is 5.46. The van der Waals surface area contributed by atoms with Crippen LogP contribution >= 0.6 is 15.9 Å². The van der Waals surface area contributed by atoms with Gasteiger partial charge in [-0.05, 0) is 24.3 Å². The molecule has 0 atom stereocenters. The fourth-order valence-electron chi connectivity index (χ4n) is 2.68. The van der Waals surface area contributed by atoms with Gasteiger partial charge in [-0.1, -0.05) is 46.3 Å². The molecule has 0 saturated heterocycles. The fraction of sp³-hybridized carbons (Fsp3) is 0.200. The summed E-state index contributed by atoms with van der Waals surface area (Å²) in [4.78, 5) is 18.8. The first-order valence-corrected chi connectivity index (χ1v) is 9.07. The van der Waals surface area contributed by atoms with Crippen LogP contribution in [0.5, 0.6) is 0 Å². The molecule has 5 heteroatoms. The molecule has 2 aromatic carbocycles. The maximum Gasteiger partial charge on any atom is 0.252 e. The molecule has 3 rings (SSSR count). The Balaban J connectivity index is 2.02. The summed E-state index contributed by atoms with van der Waals surface area (Å²) in [7, 11) is 4.14. The standard InChI is InChI=1S/C20H20BrN3O/c1-24(2)11-10-22-20(25)17-13-19(14-6-5-7-15(21)12-14)23-18-9-4-3-8-16(17)18/h3-9,12-13H,10-11H2,1-2H3,(H,22,25)/p+1. The Morgan fingerprint density at radius 3 is 2.68 bits per heavy atom. The van der Waals surface area contributed by atoms with E-state index in [0.29, 0.717) is 12.1 Å². The number of hydrogen-bond donors (Lipinski definition) is 2. The number of quaternary nitrogens is 1. The smallest absolute Gasteiger partial charge is 0.252 e. The molecule has 1 aromatic heterocycles. The zero-order valence-electron chi connectivity index (χ0n) is 14.3. The number of halogens is 1. The summed E-state index contributed by atoms with van der Waals surface area (Å²) in [6.45, 7) is 1.53. The van der Waals surface area contributed by atoms with Crippen molar-refractivity contribution in [1.29, 1.82) is 0 Å². The zero-order chi connectivity index (χ0) is 17.8. The molecule has 0 spiro atoms. The van der Waals surface area contributed by atoms with Crippen LogP contribution in [0.4, 0.5) is 0 Å². The Bertz CT molecular complexity index is 908. The van der Waals surface area contributed by atoms with Crippen LogP contribution in [0.15, 0.2) is 59.1 Å². The molecule has 0 aliphatic rings. The number of rotatable bonds is 5. The summed E-state index contributed by atoms with van der Waals surface area (Å²) in [6.07, 6.45) is 0. The van der Waals surface area contributed by atoms with Crippen LogP contribution in [0.1, 0.15) is 10.4 Å². The van der Waals surface area contributed by atoms with Crippen molar-refractivity contribution < 1.29 is 9.69 Å². The van der Waals surface area contributed by atoms with Gasteiger partial charge in [-0.15, -0.1) is 0 Å². The normalized spacial score (nSPS) is 11.0. The number of nitrogens with zero attached hydrogens (tertiary/aromatic N) is 1. The highest BCUT2D eigenvalue weighted by Crippen LogP contribution is 2.26. The fourth-order valence-corrected chi connectivity index (χ4v) is 3.08. The van der Waals surface area contributed by atoms with E-state index in [9.17, 15) is 4.79 Å². The number of fused-ring (bicyclic) bond motifs is 1. The van der Waals surface area contributed by atoms with Gasteiger partial charge >= 0.3 is 0 Å². The Hall–Kier alpha value is -2.24. The molecule has 25 heavy (non-hydrogen) atoms. The van der Waals surface area contributed by atoms with Gasteiger partial charge in [0, 0.05) is 15.4 Å². The molecule has 1 heterocycles. The summed E-state index contributed by atoms with van der Waals surface area (Å²) in [6, 6.07) is 17.6. The van der Waals surface area contributed by atoms with Gasteiger partial charge in [0.2, 0.25) is 0 Å². The van der Waals surface area contributed by atoms with E-state index in [2.05, 4.69) is 35.3 Å². The first kappa shape index (κ1) is 17.6. The number of hydrogen-bond acceptors (Lipinski definition) is 2. The average Bonchev–Trinajstić information content (AvgIpc) is 2.60. The van der Waals surface area contributed by atoms with Crippen molar-refractivity contribution in [2.75, 3.05) is 27.2 Å². The molecule has 0 radical (unpaired) electrons. The van der Waals surface area contributed by atoms with Gasteiger partial charge in [0.25, 0.3) is 5.91 Å². The van der Waals surface area contributed by atoms with E-state index < -0.39 is 0 Å². The topological polar surface area (TPSA) is 46.4 Å². The molecule has 0 fully saturated rings. The van der Waals surface area contributed by atoms with Gasteiger partial charge < -0.3 is 10.2 Å². The molecule has 0 aliphatic heterocycles. The molecular formula is C20H21BrN3O+. The first-order chi connectivity index (χ1) is 12.0. The molecule has 4 nitrogen and oxygen atoms in total. The number of para-hydroxylation sites is 1. The highest BCUT2D eigenvalue weighted by molar-refractivity contribution is 9.10. The van der Waals surface area contributed by atoms with Crippen LogP contribution in [0.2, 0.25) is 0 Å². The van der Waals surface area contributed by atoms with Crippen LogP contribution in [0, 0.1) is 0 Å². The molecule has 3 aromatic rings. The SMILES string of the molecule is C[NH+](C)CCNC(=O)c1cc(-c2cccc(Br)c2)nc2ccccc12. The van der Waals surface area contributed by atoms with Crippen molar-refractivity contribution in [3.63, 3.8) is 0 Å². The predicted molar refractivity (Wildman–Crippen MR) is 105 cm³/mol. The third kappa shape index (κ3) is 4.24. The molecule has 0 bridgehead atoms. The Morgan fingerprint density at radius 2 is 1.92 bits per heavy atom. The van der Waals surface area contributed by atoms with Gasteiger partial charge in [0.1, 0.15) is 0 Å². The summed E-state index contributed by atoms with van der Waals surface area (Å²) in [5, 5.41) is 3.89. The largest absolute Gasteiger partial charge is 0.346 e. The van der Waals surface area contributed by atoms with E-state index in [-0.39, 0.29) is 5.91 Å². The van der Waals surface area contributed by atoms with E-state index in [1.54, 1.807) is 0 Å². The monoisotopic (exact) mass is 398 g/mol. The van der Waals surface area contributed by atoms with Crippen LogP contribution in [-0.2, 0) is 0 Å². The average molecular weight is 399 g/mol. The van der Waals surface area contributed by atoms with Crippen LogP contribution in [0.3, 0.4) is 0 Å². The van der Waals surface area contributed by atoms with E-state index in [1.165, 1.54) is 4.90 Å². The lowest BCUT2D eigenvalue weighted by Crippen LogP contribution is -3.06. The number of aromatic nitrogens is 1. The molecule has 2 N–H and O–H groups in total. The molecule has 128 valence electrons. The minimum Gasteiger partial charge on any atom is -0.346 e. The maximum absolute atomic E-state index is 12.7. The van der Waals surface area contributed by atoms with Gasteiger partial charge in [-0.3, -0.25) is 4.79 Å². The van der Waals surface area contributed by atoms with Crippen molar-refractivity contribution in [2.24, 2.45) is 0 Å². The van der Waals surface area contributed by atoms with E-state index in [0.717, 1.165) is 33.2 Å². The Morgan fingerprint density at radius 1 is 1.12 bits per heavy atom. The summed E-state index contributed by atoms with van der Waals surface area (Å²) < 4.78 is 0.986. The Labute approximate surface area is 156 Å². The number of carbonyl (C=O) groups excluding carboxylic acids is 1. The predicted octanol–water partition coefficient (Wildman–Crippen LogP) is 2.54. The molecule has 1 amide bonds. The number of benzene rings is 2. The van der Waals surface area contributed by atoms with Gasteiger partial charge in [-0.25, -0.2) is 4.98 Å². The summed E-state index contributed by atoms with van der Waals surface area (Å²) >= 11 is 3.49. The molecule has 0 saturated carbocycles. The first-order valence-electron chi connectivity index (χ1n) is 8.27. The molecular weight excluding hydrogens is 378 g/mol. The summed E-state index contributed by atoms with van der Waals surface area (Å²) in [5.41, 5.74) is 3.26. The van der Waals surface area contributed by atoms with Crippen LogP contribution in [0.25, 0.3) is 22.2 Å². The number of amides is 1. The summed E-state index contributed by atoms with van der Waals surface area (Å²) in [5.74, 6) is -0.0592. The molecule has 0 unspecified atom stereocenters. The van der Waals surface area contributed by atoms with Gasteiger partial charge in [-0.2, -0.15) is 0 Å². The third-order valence-corrected chi connectivity index (χ3v) is 4.48. The van der Waals surface area contributed by atoms with E-state index in [1.807, 2.05) is 54.6 Å². The zero-order valence-corrected chi connectivity index (χ0v) is 15.9. The van der Waals surface area contributed by atoms with Gasteiger partial charge in [0.15, 0.2) is 0 Å². The minimum atomic E-state index is -0.0592. The minimum absolute atomic E-state index is 0.0592. The van der Waals surface area contributed by atoms with Crippen molar-refractivity contribution in [3.05, 3.63) is 64.6 Å². The third-order valence-electron chi connectivity index (χ3n) is 3.99. The quantitative estimate of drug-likeness (QED) is 0.693. The second-order valence-corrected chi connectivity index (χ2v) is 7.21. The lowest BCUT2D eigenvalue weighted by atomic mass is 10.0. The highest BCUT2D eigenvalue weighted by atomic mass is 79.9. The van der Waals surface area contributed by atoms with Crippen LogP contribution in [-0.4, -0.2) is 38.1 Å². The molecule has 0 aliphatic carbocycles. The number of pyridine rings is 1. The van der Waals surface area contributed by atoms with Crippen molar-refractivity contribution in [1.82, 2.24) is 10.3 Å². The lowest BCUT2D eigenvalue weighted by Gasteiger charge is -2.12. The highest BCUT2D eigenvalue weighted by Gasteiger charge is 2.14. The van der Waals surface area contributed by atoms with E-state index >= 15 is 0 Å². The van der Waals surface area contributed by atoms with Crippen molar-refractivity contribution in [2.45, 2.75) is 0 Å². The van der Waals surface area contributed by atoms with Gasteiger partial charge in [0.05, 0.1) is 44.0 Å².